The van der Waals surface area contributed by atoms with Crippen LogP contribution in [0, 0.1) is 12.7 Å². The topological polar surface area (TPSA) is 122 Å². The van der Waals surface area contributed by atoms with Gasteiger partial charge in [-0.25, -0.2) is 24.1 Å². The van der Waals surface area contributed by atoms with Crippen molar-refractivity contribution in [3.63, 3.8) is 0 Å². The Bertz CT molecular complexity index is 1530. The van der Waals surface area contributed by atoms with Crippen LogP contribution in [0.3, 0.4) is 0 Å². The number of ether oxygens (including phenoxy) is 1. The molecule has 1 aliphatic rings. The molecule has 0 aromatic carbocycles. The highest BCUT2D eigenvalue weighted by Crippen LogP contribution is 2.37. The van der Waals surface area contributed by atoms with Crippen molar-refractivity contribution < 1.29 is 18.7 Å². The molecule has 5 heterocycles. The van der Waals surface area contributed by atoms with E-state index in [4.69, 9.17) is 4.74 Å². The Balaban J connectivity index is 1.27. The van der Waals surface area contributed by atoms with Crippen LogP contribution in [-0.4, -0.2) is 63.6 Å². The maximum Gasteiger partial charge on any atom is 0.409 e. The molecule has 5 rings (SSSR count). The summed E-state index contributed by atoms with van der Waals surface area (Å²) in [5.41, 5.74) is 1.06. The zero-order chi connectivity index (χ0) is 28.8. The van der Waals surface area contributed by atoms with Gasteiger partial charge in [0.1, 0.15) is 5.82 Å². The van der Waals surface area contributed by atoms with Gasteiger partial charge in [-0.15, -0.1) is 0 Å². The van der Waals surface area contributed by atoms with Crippen LogP contribution in [0.1, 0.15) is 34.6 Å². The fourth-order valence-electron chi connectivity index (χ4n) is 4.63. The van der Waals surface area contributed by atoms with Crippen LogP contribution in [0.2, 0.25) is 0 Å². The lowest BCUT2D eigenvalue weighted by molar-refractivity contribution is 0.0867. The SMILES string of the molecule is COC(=O)N1CCC(CNC(=O)c2nccc(Sc3cnc(Nc4cc(C)ccn4)s3)c2F)(c2ccccn2)CC1. The smallest absolute Gasteiger partial charge is 0.409 e. The van der Waals surface area contributed by atoms with Gasteiger partial charge in [0.05, 0.1) is 22.4 Å². The van der Waals surface area contributed by atoms with Crippen molar-refractivity contribution in [1.82, 2.24) is 30.2 Å². The van der Waals surface area contributed by atoms with Crippen molar-refractivity contribution in [2.24, 2.45) is 0 Å². The Kier molecular flexibility index (Phi) is 8.74. The molecule has 13 heteroatoms. The third kappa shape index (κ3) is 6.63. The first-order valence-electron chi connectivity index (χ1n) is 12.9. The summed E-state index contributed by atoms with van der Waals surface area (Å²) in [5.74, 6) is -0.650. The van der Waals surface area contributed by atoms with Crippen molar-refractivity contribution in [2.75, 3.05) is 32.1 Å². The highest BCUT2D eigenvalue weighted by molar-refractivity contribution is 8.01. The van der Waals surface area contributed by atoms with Gasteiger partial charge < -0.3 is 20.3 Å². The van der Waals surface area contributed by atoms with Crippen molar-refractivity contribution >= 4 is 46.0 Å². The number of rotatable bonds is 8. The Morgan fingerprint density at radius 2 is 1.90 bits per heavy atom. The summed E-state index contributed by atoms with van der Waals surface area (Å²) in [6.07, 6.45) is 7.20. The van der Waals surface area contributed by atoms with E-state index in [0.29, 0.717) is 36.9 Å². The van der Waals surface area contributed by atoms with Crippen molar-refractivity contribution in [3.8, 4) is 0 Å². The van der Waals surface area contributed by atoms with E-state index in [1.807, 2.05) is 37.3 Å². The van der Waals surface area contributed by atoms with Crippen LogP contribution < -0.4 is 10.6 Å². The molecule has 0 aliphatic carbocycles. The standard InChI is InChI=1S/C28H28FN7O3S2/c1-18-6-11-31-21(15-18)35-26-33-16-22(41-26)40-19-7-12-32-24(23(19)29)25(37)34-17-28(20-5-3-4-10-30-20)8-13-36(14-9-28)27(38)39-2/h3-7,10-12,15-16H,8-9,13-14,17H2,1-2H3,(H,34,37)(H,31,33,35). The summed E-state index contributed by atoms with van der Waals surface area (Å²) in [4.78, 5) is 44.3. The monoisotopic (exact) mass is 593 g/mol. The van der Waals surface area contributed by atoms with Gasteiger partial charge in [-0.2, -0.15) is 0 Å². The van der Waals surface area contributed by atoms with E-state index in [2.05, 4.69) is 30.6 Å². The minimum absolute atomic E-state index is 0.215. The number of likely N-dealkylation sites (tertiary alicyclic amines) is 1. The second kappa shape index (κ2) is 12.6. The molecule has 4 aromatic heterocycles. The zero-order valence-electron chi connectivity index (χ0n) is 22.5. The van der Waals surface area contributed by atoms with Crippen LogP contribution in [0.25, 0.3) is 0 Å². The predicted molar refractivity (Wildman–Crippen MR) is 154 cm³/mol. The Labute approximate surface area is 244 Å². The minimum atomic E-state index is -0.703. The van der Waals surface area contributed by atoms with Gasteiger partial charge in [-0.3, -0.25) is 9.78 Å². The van der Waals surface area contributed by atoms with Crippen molar-refractivity contribution in [1.29, 1.82) is 0 Å². The molecule has 2 amide bonds. The fraction of sp³-hybridized carbons (Fsp3) is 0.286. The number of halogens is 1. The number of pyridine rings is 3. The quantitative estimate of drug-likeness (QED) is 0.284. The first kappa shape index (κ1) is 28.4. The highest BCUT2D eigenvalue weighted by Gasteiger charge is 2.39. The summed E-state index contributed by atoms with van der Waals surface area (Å²) in [5, 5.41) is 6.65. The van der Waals surface area contributed by atoms with Crippen LogP contribution in [0.4, 0.5) is 20.1 Å². The first-order chi connectivity index (χ1) is 19.9. The molecular formula is C28H28FN7O3S2. The summed E-state index contributed by atoms with van der Waals surface area (Å²) < 4.78 is 21.1. The number of carbonyl (C=O) groups is 2. The lowest BCUT2D eigenvalue weighted by atomic mass is 9.75. The van der Waals surface area contributed by atoms with Gasteiger partial charge in [0.25, 0.3) is 5.91 Å². The van der Waals surface area contributed by atoms with Gasteiger partial charge in [0.15, 0.2) is 16.6 Å². The minimum Gasteiger partial charge on any atom is -0.453 e. The van der Waals surface area contributed by atoms with Gasteiger partial charge in [-0.05, 0) is 55.7 Å². The molecule has 41 heavy (non-hydrogen) atoms. The fourth-order valence-corrected chi connectivity index (χ4v) is 6.50. The molecule has 0 atom stereocenters. The number of hydrogen-bond acceptors (Lipinski definition) is 10. The van der Waals surface area contributed by atoms with E-state index in [1.165, 1.54) is 42.5 Å². The van der Waals surface area contributed by atoms with Crippen LogP contribution in [-0.2, 0) is 10.2 Å². The van der Waals surface area contributed by atoms with E-state index < -0.39 is 17.1 Å². The lowest BCUT2D eigenvalue weighted by Gasteiger charge is -2.41. The van der Waals surface area contributed by atoms with Crippen molar-refractivity contribution in [2.45, 2.75) is 34.3 Å². The molecule has 10 nitrogen and oxygen atoms in total. The number of anilines is 2. The Morgan fingerprint density at radius 3 is 2.63 bits per heavy atom. The maximum absolute atomic E-state index is 15.5. The zero-order valence-corrected chi connectivity index (χ0v) is 24.1. The number of aryl methyl sites for hydroxylation is 1. The largest absolute Gasteiger partial charge is 0.453 e. The number of aromatic nitrogens is 4. The molecule has 0 unspecified atom stereocenters. The number of amides is 2. The summed E-state index contributed by atoms with van der Waals surface area (Å²) >= 11 is 2.52. The molecule has 0 radical (unpaired) electrons. The van der Waals surface area contributed by atoms with Crippen LogP contribution in [0.15, 0.2) is 70.3 Å². The van der Waals surface area contributed by atoms with Gasteiger partial charge in [0.2, 0.25) is 0 Å². The van der Waals surface area contributed by atoms with Gasteiger partial charge in [0, 0.05) is 49.3 Å². The van der Waals surface area contributed by atoms with E-state index in [9.17, 15) is 9.59 Å². The molecule has 1 aliphatic heterocycles. The highest BCUT2D eigenvalue weighted by atomic mass is 32.2. The molecule has 2 N–H and O–H groups in total. The molecule has 1 saturated heterocycles. The third-order valence-electron chi connectivity index (χ3n) is 6.86. The molecule has 0 saturated carbocycles. The second-order valence-electron chi connectivity index (χ2n) is 9.54. The van der Waals surface area contributed by atoms with E-state index >= 15 is 4.39 Å². The van der Waals surface area contributed by atoms with Crippen molar-refractivity contribution in [3.05, 3.63) is 84.0 Å². The lowest BCUT2D eigenvalue weighted by Crippen LogP contribution is -2.50. The average molecular weight is 594 g/mol. The summed E-state index contributed by atoms with van der Waals surface area (Å²) in [6, 6.07) is 11.0. The van der Waals surface area contributed by atoms with Crippen LogP contribution in [0.5, 0.6) is 0 Å². The molecule has 1 fully saturated rings. The summed E-state index contributed by atoms with van der Waals surface area (Å²) in [6.45, 7) is 3.09. The number of hydrogen-bond donors (Lipinski definition) is 2. The predicted octanol–water partition coefficient (Wildman–Crippen LogP) is 5.20. The molecule has 212 valence electrons. The number of methoxy groups -OCH3 is 1. The molecule has 0 spiro atoms. The first-order valence-corrected chi connectivity index (χ1v) is 14.5. The average Bonchev–Trinajstić information content (AvgIpc) is 3.43. The normalized spacial score (nSPS) is 14.4. The summed E-state index contributed by atoms with van der Waals surface area (Å²) in [7, 11) is 1.35. The van der Waals surface area contributed by atoms with Crippen LogP contribution >= 0.6 is 23.1 Å². The van der Waals surface area contributed by atoms with Gasteiger partial charge in [-0.1, -0.05) is 29.2 Å². The maximum atomic E-state index is 15.5. The number of thiazole rings is 1. The third-order valence-corrected chi connectivity index (χ3v) is 8.91. The van der Waals surface area contributed by atoms with E-state index in [-0.39, 0.29) is 23.2 Å². The number of nitrogens with zero attached hydrogens (tertiary/aromatic N) is 5. The van der Waals surface area contributed by atoms with Gasteiger partial charge >= 0.3 is 6.09 Å². The van der Waals surface area contributed by atoms with E-state index in [0.717, 1.165) is 15.5 Å². The molecule has 0 bridgehead atoms. The Hall–Kier alpha value is -4.10. The Morgan fingerprint density at radius 1 is 1.10 bits per heavy atom. The second-order valence-corrected chi connectivity index (χ2v) is 11.9. The molecule has 4 aromatic rings. The van der Waals surface area contributed by atoms with E-state index in [1.54, 1.807) is 23.5 Å². The number of nitrogens with one attached hydrogen (secondary N) is 2. The number of piperidine rings is 1. The number of carbonyl (C=O) groups excluding carboxylic acids is 2. The molecular weight excluding hydrogens is 565 g/mol.